The molecule has 94 valence electrons. The van der Waals surface area contributed by atoms with E-state index in [9.17, 15) is 5.11 Å². The molecule has 3 nitrogen and oxygen atoms in total. The second-order valence-electron chi connectivity index (χ2n) is 5.18. The van der Waals surface area contributed by atoms with E-state index in [1.165, 1.54) is 12.8 Å². The number of aliphatic hydroxyl groups excluding tert-OH is 1. The van der Waals surface area contributed by atoms with Crippen LogP contribution < -0.4 is 4.90 Å². The van der Waals surface area contributed by atoms with E-state index in [1.807, 2.05) is 12.1 Å². The average molecular weight is 234 g/mol. The summed E-state index contributed by atoms with van der Waals surface area (Å²) in [6, 6.07) is 4.42. The molecule has 3 atom stereocenters. The van der Waals surface area contributed by atoms with Crippen molar-refractivity contribution in [3.05, 3.63) is 23.9 Å². The van der Waals surface area contributed by atoms with Crippen molar-refractivity contribution < 1.29 is 5.11 Å². The highest BCUT2D eigenvalue weighted by molar-refractivity contribution is 5.43. The molecule has 3 heteroatoms. The van der Waals surface area contributed by atoms with Gasteiger partial charge < -0.3 is 10.0 Å². The molecule has 1 fully saturated rings. The molecule has 17 heavy (non-hydrogen) atoms. The van der Waals surface area contributed by atoms with Crippen LogP contribution >= 0.6 is 0 Å². The van der Waals surface area contributed by atoms with E-state index in [1.54, 1.807) is 13.1 Å². The highest BCUT2D eigenvalue weighted by Crippen LogP contribution is 2.28. The quantitative estimate of drug-likeness (QED) is 0.854. The van der Waals surface area contributed by atoms with Crippen molar-refractivity contribution in [3.8, 4) is 0 Å². The molecule has 0 radical (unpaired) electrons. The Labute approximate surface area is 103 Å². The van der Waals surface area contributed by atoms with Crippen LogP contribution in [0.3, 0.4) is 0 Å². The molecule has 1 aromatic heterocycles. The molecule has 0 spiro atoms. The average Bonchev–Trinajstić information content (AvgIpc) is 2.33. The standard InChI is InChI=1S/C14H22N2O/c1-10-5-4-8-16(11(10)2)14-9-13(12(3)17)6-7-15-14/h6-7,9-12,17H,4-5,8H2,1-3H3/t10?,11?,12-/m0/s1. The fourth-order valence-corrected chi connectivity index (χ4v) is 2.51. The van der Waals surface area contributed by atoms with E-state index in [0.29, 0.717) is 12.0 Å². The molecule has 1 N–H and O–H groups in total. The van der Waals surface area contributed by atoms with Crippen LogP contribution in [0, 0.1) is 5.92 Å². The number of anilines is 1. The van der Waals surface area contributed by atoms with Crippen LogP contribution in [0.4, 0.5) is 5.82 Å². The summed E-state index contributed by atoms with van der Waals surface area (Å²) in [6.45, 7) is 7.43. The summed E-state index contributed by atoms with van der Waals surface area (Å²) in [5.74, 6) is 1.71. The number of rotatable bonds is 2. The summed E-state index contributed by atoms with van der Waals surface area (Å²) in [6.07, 6.45) is 3.90. The predicted octanol–water partition coefficient (Wildman–Crippen LogP) is 2.76. The van der Waals surface area contributed by atoms with Crippen LogP contribution in [-0.2, 0) is 0 Å². The third-order valence-corrected chi connectivity index (χ3v) is 3.92. The molecule has 0 aromatic carbocycles. The molecule has 1 saturated heterocycles. The second-order valence-corrected chi connectivity index (χ2v) is 5.18. The molecule has 1 aliphatic heterocycles. The number of hydrogen-bond acceptors (Lipinski definition) is 3. The zero-order valence-electron chi connectivity index (χ0n) is 10.9. The van der Waals surface area contributed by atoms with Crippen LogP contribution in [-0.4, -0.2) is 22.7 Å². The highest BCUT2D eigenvalue weighted by atomic mass is 16.3. The maximum Gasteiger partial charge on any atom is 0.129 e. The molecule has 2 rings (SSSR count). The van der Waals surface area contributed by atoms with E-state index in [-0.39, 0.29) is 0 Å². The van der Waals surface area contributed by atoms with Crippen LogP contribution in [0.5, 0.6) is 0 Å². The minimum Gasteiger partial charge on any atom is -0.389 e. The van der Waals surface area contributed by atoms with Gasteiger partial charge in [0.2, 0.25) is 0 Å². The smallest absolute Gasteiger partial charge is 0.129 e. The number of hydrogen-bond donors (Lipinski definition) is 1. The fraction of sp³-hybridized carbons (Fsp3) is 0.643. The van der Waals surface area contributed by atoms with Gasteiger partial charge in [0.25, 0.3) is 0 Å². The lowest BCUT2D eigenvalue weighted by Crippen LogP contribution is -2.42. The molecule has 0 bridgehead atoms. The Morgan fingerprint density at radius 2 is 2.24 bits per heavy atom. The van der Waals surface area contributed by atoms with Gasteiger partial charge >= 0.3 is 0 Å². The van der Waals surface area contributed by atoms with Crippen molar-refractivity contribution in [3.63, 3.8) is 0 Å². The van der Waals surface area contributed by atoms with Crippen molar-refractivity contribution in [2.45, 2.75) is 45.8 Å². The van der Waals surface area contributed by atoms with Gasteiger partial charge in [-0.25, -0.2) is 4.98 Å². The monoisotopic (exact) mass is 234 g/mol. The predicted molar refractivity (Wildman–Crippen MR) is 70.1 cm³/mol. The van der Waals surface area contributed by atoms with Crippen molar-refractivity contribution in [1.82, 2.24) is 4.98 Å². The molecule has 0 amide bonds. The molecule has 0 aliphatic carbocycles. The summed E-state index contributed by atoms with van der Waals surface area (Å²) < 4.78 is 0. The molecular weight excluding hydrogens is 212 g/mol. The van der Waals surface area contributed by atoms with E-state index < -0.39 is 6.10 Å². The first-order valence-corrected chi connectivity index (χ1v) is 6.50. The van der Waals surface area contributed by atoms with Crippen LogP contribution in [0.1, 0.15) is 45.3 Å². The van der Waals surface area contributed by atoms with E-state index >= 15 is 0 Å². The second kappa shape index (κ2) is 5.05. The van der Waals surface area contributed by atoms with Gasteiger partial charge in [-0.15, -0.1) is 0 Å². The molecule has 1 aliphatic rings. The lowest BCUT2D eigenvalue weighted by molar-refractivity contribution is 0.199. The molecular formula is C14H22N2O. The summed E-state index contributed by atoms with van der Waals surface area (Å²) in [7, 11) is 0. The Kier molecular flexibility index (Phi) is 3.67. The van der Waals surface area contributed by atoms with Crippen molar-refractivity contribution in [1.29, 1.82) is 0 Å². The third kappa shape index (κ3) is 2.60. The van der Waals surface area contributed by atoms with E-state index in [4.69, 9.17) is 0 Å². The van der Waals surface area contributed by atoms with Gasteiger partial charge in [0.15, 0.2) is 0 Å². The van der Waals surface area contributed by atoms with Gasteiger partial charge in [-0.3, -0.25) is 0 Å². The van der Waals surface area contributed by atoms with E-state index in [0.717, 1.165) is 17.9 Å². The Morgan fingerprint density at radius 1 is 1.47 bits per heavy atom. The Morgan fingerprint density at radius 3 is 2.94 bits per heavy atom. The third-order valence-electron chi connectivity index (χ3n) is 3.92. The first-order valence-electron chi connectivity index (χ1n) is 6.50. The lowest BCUT2D eigenvalue weighted by Gasteiger charge is -2.39. The van der Waals surface area contributed by atoms with Gasteiger partial charge in [-0.1, -0.05) is 6.92 Å². The minimum atomic E-state index is -0.422. The largest absolute Gasteiger partial charge is 0.389 e. The molecule has 2 unspecified atom stereocenters. The first-order chi connectivity index (χ1) is 8.09. The Bertz CT molecular complexity index is 378. The summed E-state index contributed by atoms with van der Waals surface area (Å²) in [4.78, 5) is 6.81. The van der Waals surface area contributed by atoms with Crippen molar-refractivity contribution in [2.24, 2.45) is 5.92 Å². The van der Waals surface area contributed by atoms with Crippen LogP contribution in [0.25, 0.3) is 0 Å². The maximum absolute atomic E-state index is 9.62. The summed E-state index contributed by atoms with van der Waals surface area (Å²) in [5, 5.41) is 9.62. The highest BCUT2D eigenvalue weighted by Gasteiger charge is 2.25. The topological polar surface area (TPSA) is 36.4 Å². The van der Waals surface area contributed by atoms with Gasteiger partial charge in [0.05, 0.1) is 6.10 Å². The number of piperidine rings is 1. The molecule has 1 aromatic rings. The number of aliphatic hydroxyl groups is 1. The Hall–Kier alpha value is -1.09. The number of aromatic nitrogens is 1. The van der Waals surface area contributed by atoms with Crippen molar-refractivity contribution in [2.75, 3.05) is 11.4 Å². The minimum absolute atomic E-state index is 0.422. The first kappa shape index (κ1) is 12.4. The fourth-order valence-electron chi connectivity index (χ4n) is 2.51. The van der Waals surface area contributed by atoms with Crippen LogP contribution in [0.15, 0.2) is 18.3 Å². The normalized spacial score (nSPS) is 26.9. The zero-order chi connectivity index (χ0) is 12.4. The van der Waals surface area contributed by atoms with Crippen LogP contribution in [0.2, 0.25) is 0 Å². The van der Waals surface area contributed by atoms with Gasteiger partial charge in [0.1, 0.15) is 5.82 Å². The lowest BCUT2D eigenvalue weighted by atomic mass is 9.92. The summed E-state index contributed by atoms with van der Waals surface area (Å²) >= 11 is 0. The Balaban J connectivity index is 2.23. The maximum atomic E-state index is 9.62. The number of pyridine rings is 1. The summed E-state index contributed by atoms with van der Waals surface area (Å²) in [5.41, 5.74) is 0.945. The SMILES string of the molecule is CC1CCCN(c2cc([C@H](C)O)ccn2)C1C. The van der Waals surface area contributed by atoms with Gasteiger partial charge in [-0.05, 0) is 50.3 Å². The molecule has 2 heterocycles. The zero-order valence-corrected chi connectivity index (χ0v) is 10.9. The van der Waals surface area contributed by atoms with Gasteiger partial charge in [-0.2, -0.15) is 0 Å². The van der Waals surface area contributed by atoms with Gasteiger partial charge in [0, 0.05) is 18.8 Å². The van der Waals surface area contributed by atoms with E-state index in [2.05, 4.69) is 23.7 Å². The van der Waals surface area contributed by atoms with Crippen molar-refractivity contribution >= 4 is 5.82 Å². The molecule has 0 saturated carbocycles. The number of nitrogens with zero attached hydrogens (tertiary/aromatic N) is 2.